The van der Waals surface area contributed by atoms with E-state index >= 15 is 0 Å². The number of carbonyl (C=O) groups is 4. The van der Waals surface area contributed by atoms with Crippen LogP contribution in [0.15, 0.2) is 89.5 Å². The maximum absolute atomic E-state index is 13.5. The molecule has 47 heavy (non-hydrogen) atoms. The summed E-state index contributed by atoms with van der Waals surface area (Å²) in [6, 6.07) is 22.6. The van der Waals surface area contributed by atoms with E-state index in [1.807, 2.05) is 6.07 Å². The smallest absolute Gasteiger partial charge is 0.341 e. The quantitative estimate of drug-likeness (QED) is 0.0890. The molecule has 3 amide bonds. The Morgan fingerprint density at radius 1 is 1.00 bits per heavy atom. The molecule has 0 radical (unpaired) electrons. The molecule has 0 spiro atoms. The molecule has 2 atom stereocenters. The van der Waals surface area contributed by atoms with Gasteiger partial charge >= 0.3 is 5.97 Å². The Kier molecular flexibility index (Phi) is 11.2. The van der Waals surface area contributed by atoms with Gasteiger partial charge in [0, 0.05) is 26.0 Å². The summed E-state index contributed by atoms with van der Waals surface area (Å²) in [5.41, 5.74) is 2.97. The highest BCUT2D eigenvalue weighted by Crippen LogP contribution is 2.40. The number of hydrogen-bond acceptors (Lipinski definition) is 7. The molecule has 5 rings (SSSR count). The molecule has 11 heteroatoms. The molecular formula is C36H34ClN3O5S2. The summed E-state index contributed by atoms with van der Waals surface area (Å²) >= 11 is 8.91. The lowest BCUT2D eigenvalue weighted by molar-refractivity contribution is -0.115. The first-order valence-corrected chi connectivity index (χ1v) is 17.1. The number of halogens is 1. The summed E-state index contributed by atoms with van der Waals surface area (Å²) in [5.74, 6) is -1.15. The highest BCUT2D eigenvalue weighted by molar-refractivity contribution is 8.00. The van der Waals surface area contributed by atoms with E-state index < -0.39 is 23.0 Å². The second kappa shape index (κ2) is 15.5. The van der Waals surface area contributed by atoms with Gasteiger partial charge in [-0.15, -0.1) is 23.1 Å². The van der Waals surface area contributed by atoms with Crippen molar-refractivity contribution in [2.24, 2.45) is 5.92 Å². The number of anilines is 2. The summed E-state index contributed by atoms with van der Waals surface area (Å²) in [6.07, 6.45) is 4.19. The number of rotatable bonds is 10. The van der Waals surface area contributed by atoms with Crippen LogP contribution in [0.4, 0.5) is 10.7 Å². The van der Waals surface area contributed by atoms with Crippen molar-refractivity contribution in [1.29, 1.82) is 0 Å². The molecule has 0 bridgehead atoms. The van der Waals surface area contributed by atoms with Crippen molar-refractivity contribution in [3.63, 3.8) is 0 Å². The Balaban J connectivity index is 1.29. The van der Waals surface area contributed by atoms with Crippen molar-refractivity contribution >= 4 is 75.2 Å². The van der Waals surface area contributed by atoms with Crippen molar-refractivity contribution in [2.45, 2.75) is 43.3 Å². The second-order valence-electron chi connectivity index (χ2n) is 11.2. The highest BCUT2D eigenvalue weighted by atomic mass is 35.5. The number of carbonyl (C=O) groups excluding carboxylic acids is 4. The molecule has 0 fully saturated rings. The fourth-order valence-electron chi connectivity index (χ4n) is 5.18. The predicted octanol–water partition coefficient (Wildman–Crippen LogP) is 7.84. The first-order chi connectivity index (χ1) is 22.6. The van der Waals surface area contributed by atoms with Crippen LogP contribution < -0.4 is 16.0 Å². The zero-order valence-electron chi connectivity index (χ0n) is 26.1. The van der Waals surface area contributed by atoms with Gasteiger partial charge < -0.3 is 20.7 Å². The van der Waals surface area contributed by atoms with Gasteiger partial charge in [-0.25, -0.2) is 4.79 Å². The van der Waals surface area contributed by atoms with Crippen LogP contribution in [0.25, 0.3) is 6.08 Å². The van der Waals surface area contributed by atoms with Crippen LogP contribution in [-0.4, -0.2) is 36.1 Å². The average molecular weight is 688 g/mol. The van der Waals surface area contributed by atoms with E-state index in [0.717, 1.165) is 34.6 Å². The van der Waals surface area contributed by atoms with Gasteiger partial charge in [-0.3, -0.25) is 14.4 Å². The van der Waals surface area contributed by atoms with Crippen LogP contribution in [0, 0.1) is 5.92 Å². The maximum atomic E-state index is 13.5. The number of amides is 3. The highest BCUT2D eigenvalue weighted by Gasteiger charge is 2.29. The van der Waals surface area contributed by atoms with Crippen molar-refractivity contribution in [3.05, 3.63) is 117 Å². The second-order valence-corrected chi connectivity index (χ2v) is 14.2. The van der Waals surface area contributed by atoms with Gasteiger partial charge in [0.25, 0.3) is 11.8 Å². The molecule has 4 aromatic rings. The molecule has 2 unspecified atom stereocenters. The van der Waals surface area contributed by atoms with E-state index in [9.17, 15) is 19.2 Å². The molecule has 8 nitrogen and oxygen atoms in total. The zero-order chi connectivity index (χ0) is 33.5. The maximum Gasteiger partial charge on any atom is 0.341 e. The number of hydrogen-bond donors (Lipinski definition) is 3. The lowest BCUT2D eigenvalue weighted by Crippen LogP contribution is -2.30. The number of nitrogens with one attached hydrogen (secondary N) is 3. The summed E-state index contributed by atoms with van der Waals surface area (Å²) in [6.45, 7) is 3.97. The standard InChI is InChI=1S/C36H34ClN3O5S2/c1-21-15-16-28-30(17-21)47-35(31(28)36(44)45-3)40-32(41)22(2)46-27-14-8-13-26(20-27)38-34(43)29(19-23-9-7-12-25(37)18-23)39-33(42)24-10-5-4-6-11-24/h4-14,18-22H,15-17H2,1-3H3,(H,38,43)(H,39,42)(H,40,41)/b29-19-. The van der Waals surface area contributed by atoms with Gasteiger partial charge in [0.1, 0.15) is 10.7 Å². The van der Waals surface area contributed by atoms with Crippen LogP contribution in [-0.2, 0) is 27.2 Å². The molecule has 1 aliphatic carbocycles. The molecule has 0 saturated carbocycles. The van der Waals surface area contributed by atoms with Gasteiger partial charge in [0.2, 0.25) is 5.91 Å². The molecule has 1 aromatic heterocycles. The third kappa shape index (κ3) is 8.71. The zero-order valence-corrected chi connectivity index (χ0v) is 28.5. The minimum absolute atomic E-state index is 0.0290. The number of esters is 1. The van der Waals surface area contributed by atoms with Crippen molar-refractivity contribution in [3.8, 4) is 0 Å². The number of benzene rings is 3. The first-order valence-electron chi connectivity index (χ1n) is 15.1. The Hall–Kier alpha value is -4.38. The van der Waals surface area contributed by atoms with Gasteiger partial charge in [0.15, 0.2) is 0 Å². The minimum atomic E-state index is -0.534. The van der Waals surface area contributed by atoms with Crippen LogP contribution in [0.2, 0.25) is 5.02 Å². The SMILES string of the molecule is COC(=O)c1c(NC(=O)C(C)Sc2cccc(NC(=O)/C(=C/c3cccc(Cl)c3)NC(=O)c3ccccc3)c2)sc2c1CCC(C)C2. The molecule has 0 aliphatic heterocycles. The largest absolute Gasteiger partial charge is 0.465 e. The number of thioether (sulfide) groups is 1. The lowest BCUT2D eigenvalue weighted by Gasteiger charge is -2.18. The Morgan fingerprint density at radius 3 is 2.51 bits per heavy atom. The summed E-state index contributed by atoms with van der Waals surface area (Å²) < 4.78 is 5.05. The molecule has 242 valence electrons. The van der Waals surface area contributed by atoms with E-state index in [0.29, 0.717) is 38.3 Å². The van der Waals surface area contributed by atoms with E-state index in [-0.39, 0.29) is 11.6 Å². The average Bonchev–Trinajstić information content (AvgIpc) is 3.41. The molecule has 1 aliphatic rings. The van der Waals surface area contributed by atoms with Gasteiger partial charge in [0.05, 0.1) is 17.9 Å². The first kappa shape index (κ1) is 34.0. The van der Waals surface area contributed by atoms with Gasteiger partial charge in [-0.05, 0) is 91.8 Å². The van der Waals surface area contributed by atoms with Crippen molar-refractivity contribution < 1.29 is 23.9 Å². The van der Waals surface area contributed by atoms with Crippen LogP contribution in [0.3, 0.4) is 0 Å². The molecule has 3 N–H and O–H groups in total. The lowest BCUT2D eigenvalue weighted by atomic mass is 9.88. The summed E-state index contributed by atoms with van der Waals surface area (Å²) in [5, 5.41) is 9.04. The molecule has 3 aromatic carbocycles. The normalized spacial score (nSPS) is 14.8. The van der Waals surface area contributed by atoms with Crippen LogP contribution in [0.5, 0.6) is 0 Å². The Labute approximate surface area is 286 Å². The van der Waals surface area contributed by atoms with Crippen molar-refractivity contribution in [2.75, 3.05) is 17.7 Å². The third-order valence-corrected chi connectivity index (χ3v) is 10.1. The Morgan fingerprint density at radius 2 is 1.77 bits per heavy atom. The predicted molar refractivity (Wildman–Crippen MR) is 189 cm³/mol. The van der Waals surface area contributed by atoms with Gasteiger partial charge in [-0.1, -0.05) is 54.9 Å². The molecular weight excluding hydrogens is 654 g/mol. The topological polar surface area (TPSA) is 114 Å². The molecule has 0 saturated heterocycles. The van der Waals surface area contributed by atoms with E-state index in [1.54, 1.807) is 85.8 Å². The number of thiophene rings is 1. The van der Waals surface area contributed by atoms with Crippen molar-refractivity contribution in [1.82, 2.24) is 5.32 Å². The van der Waals surface area contributed by atoms with Crippen LogP contribution in [0.1, 0.15) is 57.0 Å². The number of methoxy groups -OCH3 is 1. The fraction of sp³-hybridized carbons (Fsp3) is 0.222. The number of ether oxygens (including phenoxy) is 1. The summed E-state index contributed by atoms with van der Waals surface area (Å²) in [4.78, 5) is 54.3. The third-order valence-electron chi connectivity index (χ3n) is 7.60. The summed E-state index contributed by atoms with van der Waals surface area (Å²) in [7, 11) is 1.35. The minimum Gasteiger partial charge on any atom is -0.465 e. The number of fused-ring (bicyclic) bond motifs is 1. The van der Waals surface area contributed by atoms with E-state index in [1.165, 1.54) is 30.2 Å². The van der Waals surface area contributed by atoms with E-state index in [2.05, 4.69) is 22.9 Å². The monoisotopic (exact) mass is 687 g/mol. The molecule has 1 heterocycles. The van der Waals surface area contributed by atoms with E-state index in [4.69, 9.17) is 16.3 Å². The van der Waals surface area contributed by atoms with Crippen LogP contribution >= 0.6 is 34.7 Å². The Bertz CT molecular complexity index is 1840. The van der Waals surface area contributed by atoms with Gasteiger partial charge in [-0.2, -0.15) is 0 Å². The fourth-order valence-corrected chi connectivity index (χ4v) is 7.71.